The Morgan fingerprint density at radius 1 is 1.22 bits per heavy atom. The lowest BCUT2D eigenvalue weighted by Gasteiger charge is -2.15. The third-order valence-corrected chi connectivity index (χ3v) is 5.68. The van der Waals surface area contributed by atoms with Gasteiger partial charge in [-0.2, -0.15) is 0 Å². The van der Waals surface area contributed by atoms with Gasteiger partial charge in [-0.25, -0.2) is 4.98 Å². The van der Waals surface area contributed by atoms with Gasteiger partial charge >= 0.3 is 0 Å². The minimum absolute atomic E-state index is 0.0118. The highest BCUT2D eigenvalue weighted by atomic mass is 35.5. The third-order valence-electron chi connectivity index (χ3n) is 4.42. The third kappa shape index (κ3) is 2.42. The number of hydrogen-bond acceptors (Lipinski definition) is 3. The molecular weight excluding hydrogens is 328 g/mol. The molecule has 23 heavy (non-hydrogen) atoms. The van der Waals surface area contributed by atoms with Crippen molar-refractivity contribution in [1.29, 1.82) is 0 Å². The number of nitrogens with one attached hydrogen (secondary N) is 1. The van der Waals surface area contributed by atoms with Crippen LogP contribution in [0.15, 0.2) is 42.5 Å². The summed E-state index contributed by atoms with van der Waals surface area (Å²) in [5, 5.41) is 4.30. The molecule has 1 aromatic heterocycles. The Hall–Kier alpha value is -1.91. The van der Waals surface area contributed by atoms with Crippen LogP contribution in [0.5, 0.6) is 0 Å². The van der Waals surface area contributed by atoms with Gasteiger partial charge in [-0.05, 0) is 43.0 Å². The summed E-state index contributed by atoms with van der Waals surface area (Å²) in [4.78, 5) is 17.4. The number of rotatable bonds is 3. The van der Waals surface area contributed by atoms with Crippen molar-refractivity contribution in [2.24, 2.45) is 0 Å². The summed E-state index contributed by atoms with van der Waals surface area (Å²) in [6, 6.07) is 13.7. The first-order valence-electron chi connectivity index (χ1n) is 7.53. The van der Waals surface area contributed by atoms with E-state index in [-0.39, 0.29) is 5.91 Å². The van der Waals surface area contributed by atoms with E-state index in [1.807, 2.05) is 49.4 Å². The summed E-state index contributed by atoms with van der Waals surface area (Å²) in [7, 11) is 0. The lowest BCUT2D eigenvalue weighted by molar-refractivity contribution is -0.118. The molecule has 0 saturated heterocycles. The number of fused-ring (bicyclic) bond motifs is 1. The van der Waals surface area contributed by atoms with Crippen LogP contribution in [0, 0.1) is 6.92 Å². The van der Waals surface area contributed by atoms with Gasteiger partial charge in [0.05, 0.1) is 15.6 Å². The van der Waals surface area contributed by atoms with E-state index in [9.17, 15) is 4.79 Å². The quantitative estimate of drug-likeness (QED) is 0.733. The molecule has 3 nitrogen and oxygen atoms in total. The minimum Gasteiger partial charge on any atom is -0.301 e. The Balaban J connectivity index is 1.65. The standard InChI is InChI=1S/C18H15ClN2OS/c1-11-5-4-8-14-15(11)20-17(23-14)21-16(22)18(9-10-18)12-6-2-3-7-13(12)19/h2-8H,9-10H2,1H3,(H,20,21,22). The van der Waals surface area contributed by atoms with Crippen molar-refractivity contribution in [2.75, 3.05) is 5.32 Å². The van der Waals surface area contributed by atoms with Crippen LogP contribution in [0.1, 0.15) is 24.0 Å². The molecule has 1 N–H and O–H groups in total. The van der Waals surface area contributed by atoms with E-state index in [1.165, 1.54) is 11.3 Å². The maximum Gasteiger partial charge on any atom is 0.236 e. The lowest BCUT2D eigenvalue weighted by atomic mass is 9.95. The predicted octanol–water partition coefficient (Wildman–Crippen LogP) is 4.93. The van der Waals surface area contributed by atoms with Gasteiger partial charge in [0.15, 0.2) is 5.13 Å². The number of carbonyl (C=O) groups is 1. The molecule has 1 heterocycles. The second-order valence-corrected chi connectivity index (χ2v) is 7.39. The van der Waals surface area contributed by atoms with Crippen LogP contribution in [0.25, 0.3) is 10.2 Å². The summed E-state index contributed by atoms with van der Waals surface area (Å²) in [5.74, 6) is -0.0118. The van der Waals surface area contributed by atoms with Gasteiger partial charge in [0.2, 0.25) is 5.91 Å². The van der Waals surface area contributed by atoms with Crippen molar-refractivity contribution >= 4 is 44.2 Å². The van der Waals surface area contributed by atoms with E-state index < -0.39 is 5.41 Å². The number of aromatic nitrogens is 1. The van der Waals surface area contributed by atoms with Crippen molar-refractivity contribution in [2.45, 2.75) is 25.2 Å². The Morgan fingerprint density at radius 2 is 2.00 bits per heavy atom. The number of carbonyl (C=O) groups excluding carboxylic acids is 1. The molecule has 0 unspecified atom stereocenters. The van der Waals surface area contributed by atoms with Crippen molar-refractivity contribution in [3.05, 3.63) is 58.6 Å². The maximum absolute atomic E-state index is 12.8. The minimum atomic E-state index is -0.495. The first kappa shape index (κ1) is 14.7. The van der Waals surface area contributed by atoms with Crippen LogP contribution in [0.3, 0.4) is 0 Å². The largest absolute Gasteiger partial charge is 0.301 e. The number of benzene rings is 2. The topological polar surface area (TPSA) is 42.0 Å². The van der Waals surface area contributed by atoms with Gasteiger partial charge in [0.1, 0.15) is 0 Å². The molecule has 0 aliphatic heterocycles. The molecule has 0 bridgehead atoms. The van der Waals surface area contributed by atoms with Crippen LogP contribution in [0.2, 0.25) is 5.02 Å². The molecule has 1 aliphatic carbocycles. The molecule has 116 valence electrons. The van der Waals surface area contributed by atoms with Crippen LogP contribution in [-0.2, 0) is 10.2 Å². The highest BCUT2D eigenvalue weighted by Gasteiger charge is 2.52. The second-order valence-electron chi connectivity index (χ2n) is 5.96. The molecule has 4 rings (SSSR count). The number of aryl methyl sites for hydroxylation is 1. The summed E-state index contributed by atoms with van der Waals surface area (Å²) < 4.78 is 1.09. The highest BCUT2D eigenvalue weighted by molar-refractivity contribution is 7.22. The van der Waals surface area contributed by atoms with E-state index in [0.717, 1.165) is 34.2 Å². The van der Waals surface area contributed by atoms with Gasteiger partial charge in [-0.1, -0.05) is 53.3 Å². The fourth-order valence-corrected chi connectivity index (χ4v) is 4.20. The molecule has 1 amide bonds. The van der Waals surface area contributed by atoms with E-state index >= 15 is 0 Å². The molecule has 0 radical (unpaired) electrons. The molecule has 2 aromatic carbocycles. The molecular formula is C18H15ClN2OS. The van der Waals surface area contributed by atoms with Gasteiger partial charge in [-0.15, -0.1) is 0 Å². The van der Waals surface area contributed by atoms with Crippen molar-refractivity contribution < 1.29 is 4.79 Å². The zero-order valence-electron chi connectivity index (χ0n) is 12.6. The molecule has 0 spiro atoms. The summed E-state index contributed by atoms with van der Waals surface area (Å²) >= 11 is 7.79. The fourth-order valence-electron chi connectivity index (χ4n) is 2.95. The van der Waals surface area contributed by atoms with Gasteiger partial charge in [0.25, 0.3) is 0 Å². The average Bonchev–Trinajstić information content (AvgIpc) is 3.23. The maximum atomic E-state index is 12.8. The monoisotopic (exact) mass is 342 g/mol. The van der Waals surface area contributed by atoms with Crippen LogP contribution in [-0.4, -0.2) is 10.9 Å². The first-order valence-corrected chi connectivity index (χ1v) is 8.72. The molecule has 1 fully saturated rings. The first-order chi connectivity index (χ1) is 11.1. The van der Waals surface area contributed by atoms with Crippen molar-refractivity contribution in [3.8, 4) is 0 Å². The van der Waals surface area contributed by atoms with Crippen LogP contribution in [0.4, 0.5) is 5.13 Å². The Bertz CT molecular complexity index is 914. The number of halogens is 1. The normalized spacial score (nSPS) is 15.6. The summed E-state index contributed by atoms with van der Waals surface area (Å²) in [5.41, 5.74) is 2.49. The summed E-state index contributed by atoms with van der Waals surface area (Å²) in [6.45, 7) is 2.03. The van der Waals surface area contributed by atoms with Crippen LogP contribution >= 0.6 is 22.9 Å². The molecule has 3 aromatic rings. The SMILES string of the molecule is Cc1cccc2sc(NC(=O)C3(c4ccccc4Cl)CC3)nc12. The van der Waals surface area contributed by atoms with Crippen molar-refractivity contribution in [1.82, 2.24) is 4.98 Å². The zero-order chi connectivity index (χ0) is 16.0. The van der Waals surface area contributed by atoms with Gasteiger partial charge < -0.3 is 5.32 Å². The number of para-hydroxylation sites is 1. The van der Waals surface area contributed by atoms with Crippen LogP contribution < -0.4 is 5.32 Å². The summed E-state index contributed by atoms with van der Waals surface area (Å²) in [6.07, 6.45) is 1.65. The van der Waals surface area contributed by atoms with Gasteiger partial charge in [0, 0.05) is 5.02 Å². The van der Waals surface area contributed by atoms with E-state index in [4.69, 9.17) is 11.6 Å². The highest BCUT2D eigenvalue weighted by Crippen LogP contribution is 2.51. The molecule has 0 atom stereocenters. The number of nitrogens with zero attached hydrogens (tertiary/aromatic N) is 1. The zero-order valence-corrected chi connectivity index (χ0v) is 14.2. The number of hydrogen-bond donors (Lipinski definition) is 1. The second kappa shape index (κ2) is 5.32. The Labute approximate surface area is 143 Å². The average molecular weight is 343 g/mol. The smallest absolute Gasteiger partial charge is 0.236 e. The van der Waals surface area contributed by atoms with E-state index in [2.05, 4.69) is 10.3 Å². The molecule has 1 aliphatic rings. The predicted molar refractivity (Wildman–Crippen MR) is 95.4 cm³/mol. The fraction of sp³-hybridized carbons (Fsp3) is 0.222. The molecule has 1 saturated carbocycles. The Morgan fingerprint density at radius 3 is 2.70 bits per heavy atom. The lowest BCUT2D eigenvalue weighted by Crippen LogP contribution is -2.28. The molecule has 5 heteroatoms. The van der Waals surface area contributed by atoms with E-state index in [1.54, 1.807) is 0 Å². The number of anilines is 1. The number of thiazole rings is 1. The number of amides is 1. The van der Waals surface area contributed by atoms with Crippen molar-refractivity contribution in [3.63, 3.8) is 0 Å². The van der Waals surface area contributed by atoms with Gasteiger partial charge in [-0.3, -0.25) is 4.79 Å². The van der Waals surface area contributed by atoms with E-state index in [0.29, 0.717) is 10.2 Å². The Kier molecular flexibility index (Phi) is 3.39.